The topological polar surface area (TPSA) is 101 Å². The molecule has 18 heavy (non-hydrogen) atoms. The van der Waals surface area contributed by atoms with E-state index >= 15 is 0 Å². The minimum Gasteiger partial charge on any atom is -0.481 e. The van der Waals surface area contributed by atoms with Gasteiger partial charge in [-0.05, 0) is 6.92 Å². The third-order valence-corrected chi connectivity index (χ3v) is 4.48. The zero-order valence-corrected chi connectivity index (χ0v) is 11.6. The van der Waals surface area contributed by atoms with Gasteiger partial charge in [-0.25, -0.2) is 8.42 Å². The average molecular weight is 281 g/mol. The maximum atomic E-state index is 11.9. The molecule has 0 bridgehead atoms. The Morgan fingerprint density at radius 1 is 1.39 bits per heavy atom. The first-order chi connectivity index (χ1) is 8.24. The van der Waals surface area contributed by atoms with Crippen molar-refractivity contribution >= 4 is 22.0 Å². The molecule has 0 aliphatic heterocycles. The van der Waals surface area contributed by atoms with Gasteiger partial charge in [0.25, 0.3) is 0 Å². The highest BCUT2D eigenvalue weighted by Gasteiger charge is 2.27. The highest BCUT2D eigenvalue weighted by molar-refractivity contribution is 7.89. The van der Waals surface area contributed by atoms with Gasteiger partial charge in [-0.1, -0.05) is 6.92 Å². The summed E-state index contributed by atoms with van der Waals surface area (Å²) in [5, 5.41) is 8.65. The minimum absolute atomic E-state index is 0.165. The predicted molar refractivity (Wildman–Crippen MR) is 64.5 cm³/mol. The van der Waals surface area contributed by atoms with Crippen LogP contribution in [0.25, 0.3) is 0 Å². The Morgan fingerprint density at radius 3 is 2.33 bits per heavy atom. The first kappa shape index (κ1) is 16.9. The summed E-state index contributed by atoms with van der Waals surface area (Å²) in [5.74, 6) is -2.05. The number of aliphatic carboxylic acids is 1. The summed E-state index contributed by atoms with van der Waals surface area (Å²) >= 11 is 0. The Morgan fingerprint density at radius 2 is 1.94 bits per heavy atom. The largest absolute Gasteiger partial charge is 0.481 e. The molecule has 0 rings (SSSR count). The van der Waals surface area contributed by atoms with Gasteiger partial charge in [0.1, 0.15) is 0 Å². The predicted octanol–water partition coefficient (Wildman–Crippen LogP) is 0.0644. The van der Waals surface area contributed by atoms with Crippen LogP contribution in [0.1, 0.15) is 26.7 Å². The van der Waals surface area contributed by atoms with Gasteiger partial charge in [0.15, 0.2) is 0 Å². The number of sulfonamides is 1. The number of nitrogens with zero attached hydrogens (tertiary/aromatic N) is 1. The number of rotatable bonds is 8. The van der Waals surface area contributed by atoms with Crippen LogP contribution in [0.2, 0.25) is 0 Å². The van der Waals surface area contributed by atoms with Crippen molar-refractivity contribution in [1.29, 1.82) is 0 Å². The molecule has 0 aromatic carbocycles. The van der Waals surface area contributed by atoms with E-state index in [0.717, 1.165) is 4.31 Å². The van der Waals surface area contributed by atoms with Crippen molar-refractivity contribution in [2.24, 2.45) is 0 Å². The zero-order valence-electron chi connectivity index (χ0n) is 10.7. The number of carboxylic acid groups (broad SMARTS) is 1. The second-order valence-electron chi connectivity index (χ2n) is 3.79. The van der Waals surface area contributed by atoms with E-state index in [1.54, 1.807) is 6.92 Å². The van der Waals surface area contributed by atoms with E-state index in [4.69, 9.17) is 5.11 Å². The fourth-order valence-electron chi connectivity index (χ4n) is 1.57. The van der Waals surface area contributed by atoms with Gasteiger partial charge in [-0.2, -0.15) is 4.31 Å². The second-order valence-corrected chi connectivity index (χ2v) is 5.83. The number of carboxylic acids is 1. The first-order valence-electron chi connectivity index (χ1n) is 5.52. The molecule has 0 aliphatic rings. The highest BCUT2D eigenvalue weighted by atomic mass is 32.2. The van der Waals surface area contributed by atoms with E-state index < -0.39 is 28.0 Å². The van der Waals surface area contributed by atoms with Crippen LogP contribution in [-0.4, -0.2) is 55.2 Å². The van der Waals surface area contributed by atoms with Gasteiger partial charge in [0.2, 0.25) is 10.0 Å². The number of methoxy groups -OCH3 is 1. The van der Waals surface area contributed by atoms with Crippen LogP contribution in [-0.2, 0) is 24.3 Å². The van der Waals surface area contributed by atoms with Crippen molar-refractivity contribution in [3.63, 3.8) is 0 Å². The molecule has 1 atom stereocenters. The number of ether oxygens (including phenoxy) is 1. The maximum Gasteiger partial charge on any atom is 0.306 e. The summed E-state index contributed by atoms with van der Waals surface area (Å²) < 4.78 is 29.3. The van der Waals surface area contributed by atoms with E-state index in [0.29, 0.717) is 0 Å². The van der Waals surface area contributed by atoms with Crippen molar-refractivity contribution in [3.8, 4) is 0 Å². The molecular formula is C10H19NO6S. The Labute approximate surface area is 107 Å². The third kappa shape index (κ3) is 5.46. The number of carbonyl (C=O) groups is 2. The van der Waals surface area contributed by atoms with E-state index in [1.807, 2.05) is 0 Å². The lowest BCUT2D eigenvalue weighted by Crippen LogP contribution is -2.41. The molecule has 0 aromatic heterocycles. The number of esters is 1. The molecule has 0 spiro atoms. The molecule has 0 saturated carbocycles. The van der Waals surface area contributed by atoms with E-state index in [1.165, 1.54) is 14.0 Å². The standard InChI is InChI=1S/C10H19NO6S/c1-4-11(8(2)7-9(12)13)18(15,16)6-5-10(14)17-3/h8H,4-7H2,1-3H3,(H,12,13). The summed E-state index contributed by atoms with van der Waals surface area (Å²) in [6.07, 6.45) is -0.513. The molecule has 0 heterocycles. The number of hydrogen-bond acceptors (Lipinski definition) is 5. The molecule has 0 fully saturated rings. The highest BCUT2D eigenvalue weighted by Crippen LogP contribution is 2.12. The van der Waals surface area contributed by atoms with Crippen LogP contribution in [0.3, 0.4) is 0 Å². The Hall–Kier alpha value is -1.15. The van der Waals surface area contributed by atoms with Gasteiger partial charge in [-0.15, -0.1) is 0 Å². The van der Waals surface area contributed by atoms with Crippen LogP contribution in [0.5, 0.6) is 0 Å². The smallest absolute Gasteiger partial charge is 0.306 e. The lowest BCUT2D eigenvalue weighted by molar-refractivity contribution is -0.140. The lowest BCUT2D eigenvalue weighted by atomic mass is 10.2. The fourth-order valence-corrected chi connectivity index (χ4v) is 3.24. The quantitative estimate of drug-likeness (QED) is 0.631. The van der Waals surface area contributed by atoms with Crippen LogP contribution in [0.4, 0.5) is 0 Å². The molecule has 0 aromatic rings. The van der Waals surface area contributed by atoms with Crippen LogP contribution in [0, 0.1) is 0 Å². The molecule has 8 heteroatoms. The molecular weight excluding hydrogens is 262 g/mol. The van der Waals surface area contributed by atoms with Crippen molar-refractivity contribution in [2.75, 3.05) is 19.4 Å². The fraction of sp³-hybridized carbons (Fsp3) is 0.800. The lowest BCUT2D eigenvalue weighted by Gasteiger charge is -2.25. The van der Waals surface area contributed by atoms with Crippen LogP contribution >= 0.6 is 0 Å². The summed E-state index contributed by atoms with van der Waals surface area (Å²) in [4.78, 5) is 21.5. The molecule has 0 aliphatic carbocycles. The molecule has 1 unspecified atom stereocenters. The Balaban J connectivity index is 4.71. The van der Waals surface area contributed by atoms with Crippen molar-refractivity contribution in [3.05, 3.63) is 0 Å². The number of carbonyl (C=O) groups excluding carboxylic acids is 1. The Kier molecular flexibility index (Phi) is 6.85. The molecule has 106 valence electrons. The number of hydrogen-bond donors (Lipinski definition) is 1. The van der Waals surface area contributed by atoms with Crippen LogP contribution < -0.4 is 0 Å². The zero-order chi connectivity index (χ0) is 14.3. The van der Waals surface area contributed by atoms with Gasteiger partial charge in [0, 0.05) is 12.6 Å². The van der Waals surface area contributed by atoms with E-state index in [-0.39, 0.29) is 25.1 Å². The Bertz CT molecular complexity index is 391. The summed E-state index contributed by atoms with van der Waals surface area (Å²) in [5.41, 5.74) is 0. The van der Waals surface area contributed by atoms with Gasteiger partial charge < -0.3 is 9.84 Å². The van der Waals surface area contributed by atoms with Crippen molar-refractivity contribution in [1.82, 2.24) is 4.31 Å². The minimum atomic E-state index is -3.65. The molecule has 0 amide bonds. The van der Waals surface area contributed by atoms with Crippen molar-refractivity contribution in [2.45, 2.75) is 32.7 Å². The van der Waals surface area contributed by atoms with Crippen molar-refractivity contribution < 1.29 is 27.9 Å². The molecule has 0 radical (unpaired) electrons. The third-order valence-electron chi connectivity index (χ3n) is 2.42. The van der Waals surface area contributed by atoms with E-state index in [2.05, 4.69) is 4.74 Å². The molecule has 0 saturated heterocycles. The summed E-state index contributed by atoms with van der Waals surface area (Å²) in [6.45, 7) is 3.30. The normalized spacial score (nSPS) is 13.3. The molecule has 1 N–H and O–H groups in total. The van der Waals surface area contributed by atoms with Gasteiger partial charge in [-0.3, -0.25) is 9.59 Å². The van der Waals surface area contributed by atoms with Crippen LogP contribution in [0.15, 0.2) is 0 Å². The SMILES string of the molecule is CCN(C(C)CC(=O)O)S(=O)(=O)CCC(=O)OC. The monoisotopic (exact) mass is 281 g/mol. The van der Waals surface area contributed by atoms with Gasteiger partial charge in [0.05, 0.1) is 25.7 Å². The average Bonchev–Trinajstić information content (AvgIpc) is 2.25. The van der Waals surface area contributed by atoms with E-state index in [9.17, 15) is 18.0 Å². The summed E-state index contributed by atoms with van der Waals surface area (Å²) in [7, 11) is -2.47. The van der Waals surface area contributed by atoms with Gasteiger partial charge >= 0.3 is 11.9 Å². The second kappa shape index (κ2) is 7.32. The first-order valence-corrected chi connectivity index (χ1v) is 7.13. The summed E-state index contributed by atoms with van der Waals surface area (Å²) in [6, 6.07) is -0.643. The molecule has 7 nitrogen and oxygen atoms in total. The maximum absolute atomic E-state index is 11.9.